The van der Waals surface area contributed by atoms with Gasteiger partial charge in [-0.15, -0.1) is 0 Å². The van der Waals surface area contributed by atoms with Crippen LogP contribution in [0.1, 0.15) is 59.8 Å². The van der Waals surface area contributed by atoms with Gasteiger partial charge in [0.25, 0.3) is 5.91 Å². The molecule has 1 atom stereocenters. The minimum atomic E-state index is -0.746. The van der Waals surface area contributed by atoms with E-state index in [1.54, 1.807) is 13.2 Å². The third kappa shape index (κ3) is 3.45. The summed E-state index contributed by atoms with van der Waals surface area (Å²) in [7, 11) is 1.78. The van der Waals surface area contributed by atoms with Crippen LogP contribution in [0.3, 0.4) is 0 Å². The van der Waals surface area contributed by atoms with Crippen molar-refractivity contribution < 1.29 is 9.53 Å². The van der Waals surface area contributed by atoms with Crippen molar-refractivity contribution >= 4 is 34.7 Å². The van der Waals surface area contributed by atoms with Gasteiger partial charge in [0.1, 0.15) is 11.5 Å². The zero-order chi connectivity index (χ0) is 23.4. The average molecular weight is 466 g/mol. The number of halogens is 1. The summed E-state index contributed by atoms with van der Waals surface area (Å²) in [5.74, 6) is 0.215. The van der Waals surface area contributed by atoms with Crippen LogP contribution in [0, 0.1) is 12.3 Å². The molecule has 2 spiro atoms. The lowest BCUT2D eigenvalue weighted by atomic mass is 9.65. The van der Waals surface area contributed by atoms with Crippen molar-refractivity contribution in [3.05, 3.63) is 57.9 Å². The quantitative estimate of drug-likeness (QED) is 0.700. The summed E-state index contributed by atoms with van der Waals surface area (Å²) < 4.78 is 5.63. The van der Waals surface area contributed by atoms with Gasteiger partial charge in [-0.1, -0.05) is 17.7 Å². The fourth-order valence-corrected chi connectivity index (χ4v) is 5.93. The number of nitrogens with zero attached hydrogens (tertiary/aromatic N) is 3. The van der Waals surface area contributed by atoms with Crippen LogP contribution in [0.15, 0.2) is 40.4 Å². The van der Waals surface area contributed by atoms with E-state index in [2.05, 4.69) is 16.4 Å². The molecule has 1 aromatic carbocycles. The fourth-order valence-electron chi connectivity index (χ4n) is 5.72. The van der Waals surface area contributed by atoms with E-state index in [1.807, 2.05) is 26.0 Å². The summed E-state index contributed by atoms with van der Waals surface area (Å²) in [5.41, 5.74) is 10.1. The smallest absolute Gasteiger partial charge is 0.274 e. The second kappa shape index (κ2) is 7.92. The van der Waals surface area contributed by atoms with Gasteiger partial charge in [0.05, 0.1) is 16.8 Å². The first-order valence-electron chi connectivity index (χ1n) is 11.3. The molecule has 2 aromatic rings. The molecule has 172 valence electrons. The van der Waals surface area contributed by atoms with Crippen molar-refractivity contribution in [2.75, 3.05) is 12.4 Å². The Labute approximate surface area is 198 Å². The maximum absolute atomic E-state index is 12.9. The second-order valence-electron chi connectivity index (χ2n) is 9.40. The summed E-state index contributed by atoms with van der Waals surface area (Å²) in [6, 6.07) is 7.76. The number of aliphatic imine (C=N–C) groups is 2. The van der Waals surface area contributed by atoms with Crippen LogP contribution in [-0.2, 0) is 16.8 Å². The predicted octanol–water partition coefficient (Wildman–Crippen LogP) is 4.41. The number of amidine groups is 1. The molecule has 1 aliphatic heterocycles. The third-order valence-corrected chi connectivity index (χ3v) is 7.68. The van der Waals surface area contributed by atoms with Crippen molar-refractivity contribution in [2.24, 2.45) is 21.1 Å². The fraction of sp³-hybridized carbons (Fsp3) is 0.440. The average Bonchev–Trinajstić information content (AvgIpc) is 3.22. The van der Waals surface area contributed by atoms with E-state index in [-0.39, 0.29) is 17.4 Å². The van der Waals surface area contributed by atoms with Gasteiger partial charge in [-0.3, -0.25) is 9.79 Å². The normalized spacial score (nSPS) is 28.1. The molecule has 2 aliphatic carbocycles. The number of aryl methyl sites for hydroxylation is 1. The molecule has 3 aliphatic rings. The van der Waals surface area contributed by atoms with E-state index in [0.29, 0.717) is 22.2 Å². The first kappa shape index (κ1) is 22.0. The number of carbonyl (C=O) groups is 1. The highest BCUT2D eigenvalue weighted by Crippen LogP contribution is 2.62. The van der Waals surface area contributed by atoms with E-state index in [0.717, 1.165) is 48.9 Å². The number of carbonyl (C=O) groups excluding carboxylic acids is 1. The number of pyridine rings is 1. The monoisotopic (exact) mass is 465 g/mol. The molecule has 3 N–H and O–H groups in total. The highest BCUT2D eigenvalue weighted by molar-refractivity contribution is 6.41. The zero-order valence-electron chi connectivity index (χ0n) is 19.1. The molecule has 0 radical (unpaired) electrons. The van der Waals surface area contributed by atoms with E-state index < -0.39 is 5.66 Å². The predicted molar refractivity (Wildman–Crippen MR) is 130 cm³/mol. The molecule has 2 heterocycles. The molecule has 33 heavy (non-hydrogen) atoms. The molecule has 5 rings (SSSR count). The second-order valence-corrected chi connectivity index (χ2v) is 9.84. The lowest BCUT2D eigenvalue weighted by Crippen LogP contribution is -2.43. The largest absolute Gasteiger partial charge is 0.382 e. The Morgan fingerprint density at radius 3 is 2.61 bits per heavy atom. The molecule has 1 aromatic heterocycles. The Morgan fingerprint density at radius 1 is 1.21 bits per heavy atom. The van der Waals surface area contributed by atoms with Gasteiger partial charge < -0.3 is 15.8 Å². The molecule has 0 saturated heterocycles. The van der Waals surface area contributed by atoms with Crippen molar-refractivity contribution in [3.8, 4) is 0 Å². The van der Waals surface area contributed by atoms with Gasteiger partial charge in [-0.2, -0.15) is 0 Å². The first-order valence-corrected chi connectivity index (χ1v) is 11.7. The van der Waals surface area contributed by atoms with Crippen molar-refractivity contribution in [1.82, 2.24) is 4.98 Å². The summed E-state index contributed by atoms with van der Waals surface area (Å²) in [4.78, 5) is 27.2. The summed E-state index contributed by atoms with van der Waals surface area (Å²) in [6.07, 6.45) is 6.51. The van der Waals surface area contributed by atoms with Gasteiger partial charge in [0, 0.05) is 30.0 Å². The number of fused-ring (bicyclic) bond motifs is 3. The third-order valence-electron chi connectivity index (χ3n) is 7.48. The molecule has 1 amide bonds. The number of rotatable bonds is 3. The number of nitrogens with two attached hydrogens (primary N) is 1. The number of nitrogens with one attached hydrogen (secondary N) is 1. The number of hydrogen-bond donors (Lipinski definition) is 2. The Hall–Kier alpha value is -2.77. The van der Waals surface area contributed by atoms with E-state index in [4.69, 9.17) is 32.1 Å². The van der Waals surface area contributed by atoms with Crippen LogP contribution in [0.5, 0.6) is 0 Å². The number of ether oxygens (including phenoxy) is 1. The molecular weight excluding hydrogens is 438 g/mol. The molecule has 7 nitrogen and oxygen atoms in total. The van der Waals surface area contributed by atoms with Gasteiger partial charge in [0.2, 0.25) is 0 Å². The number of amides is 1. The van der Waals surface area contributed by atoms with Gasteiger partial charge in [-0.05, 0) is 75.3 Å². The molecule has 1 unspecified atom stereocenters. The van der Waals surface area contributed by atoms with E-state index in [1.165, 1.54) is 11.8 Å². The lowest BCUT2D eigenvalue weighted by molar-refractivity contribution is -0.000372. The Bertz CT molecular complexity index is 1180. The van der Waals surface area contributed by atoms with Crippen molar-refractivity contribution in [1.29, 1.82) is 0 Å². The van der Waals surface area contributed by atoms with Crippen LogP contribution in [0.25, 0.3) is 0 Å². The van der Waals surface area contributed by atoms with Crippen LogP contribution in [-0.4, -0.2) is 35.7 Å². The van der Waals surface area contributed by atoms with Crippen molar-refractivity contribution in [2.45, 2.75) is 57.7 Å². The van der Waals surface area contributed by atoms with Crippen LogP contribution >= 0.6 is 11.6 Å². The molecule has 0 bridgehead atoms. The summed E-state index contributed by atoms with van der Waals surface area (Å²) in [5, 5.41) is 3.49. The first-order chi connectivity index (χ1) is 15.8. The molecule has 1 fully saturated rings. The van der Waals surface area contributed by atoms with Crippen LogP contribution in [0.2, 0.25) is 5.02 Å². The molecular formula is C25H28ClN5O2. The maximum atomic E-state index is 12.9. The zero-order valence-corrected chi connectivity index (χ0v) is 19.9. The maximum Gasteiger partial charge on any atom is 0.274 e. The minimum Gasteiger partial charge on any atom is -0.382 e. The van der Waals surface area contributed by atoms with E-state index in [9.17, 15) is 4.79 Å². The number of benzene rings is 1. The van der Waals surface area contributed by atoms with Crippen LogP contribution < -0.4 is 11.1 Å². The van der Waals surface area contributed by atoms with E-state index >= 15 is 0 Å². The van der Waals surface area contributed by atoms with Gasteiger partial charge in [0.15, 0.2) is 5.66 Å². The molecule has 8 heteroatoms. The Balaban J connectivity index is 1.52. The topological polar surface area (TPSA) is 102 Å². The van der Waals surface area contributed by atoms with Crippen molar-refractivity contribution in [3.63, 3.8) is 0 Å². The highest BCUT2D eigenvalue weighted by atomic mass is 35.5. The number of aromatic nitrogens is 1. The standard InChI is InChI=1S/C25H28ClN5O2/c1-14-10-17(26)13-28-21(14)23(32)29-18-5-4-16-12-24(8-6-19(33-3)7-9-24)25(20(16)11-18)30-15(2)22(27)31-25/h4-5,10-11,13,19H,6-9,12H2,1-3H3,(H2,27,31)(H,29,32). The molecule has 1 saturated carbocycles. The lowest BCUT2D eigenvalue weighted by Gasteiger charge is -2.44. The van der Waals surface area contributed by atoms with Gasteiger partial charge >= 0.3 is 0 Å². The highest BCUT2D eigenvalue weighted by Gasteiger charge is 2.60. The van der Waals surface area contributed by atoms with Gasteiger partial charge in [-0.25, -0.2) is 9.98 Å². The Morgan fingerprint density at radius 2 is 1.97 bits per heavy atom. The summed E-state index contributed by atoms with van der Waals surface area (Å²) in [6.45, 7) is 3.74. The number of hydrogen-bond acceptors (Lipinski definition) is 6. The summed E-state index contributed by atoms with van der Waals surface area (Å²) >= 11 is 5.99. The Kier molecular flexibility index (Phi) is 5.29. The minimum absolute atomic E-state index is 0.135. The SMILES string of the molecule is COC1CCC2(CC1)Cc1ccc(NC(=O)c3ncc(Cl)cc3C)cc1C21N=C(C)C(N)=N1. The number of anilines is 1. The van der Waals surface area contributed by atoms with Crippen LogP contribution in [0.4, 0.5) is 5.69 Å². The number of methoxy groups -OCH3 is 1.